The van der Waals surface area contributed by atoms with Crippen molar-refractivity contribution in [2.75, 3.05) is 5.73 Å². The highest BCUT2D eigenvalue weighted by atomic mass is 35.5. The van der Waals surface area contributed by atoms with Crippen LogP contribution < -0.4 is 5.73 Å². The molecule has 0 saturated heterocycles. The van der Waals surface area contributed by atoms with Crippen LogP contribution in [0.15, 0.2) is 48.5 Å². The predicted molar refractivity (Wildman–Crippen MR) is 87.3 cm³/mol. The number of nitrogens with two attached hydrogens (primary N) is 1. The van der Waals surface area contributed by atoms with E-state index in [1.54, 1.807) is 23.1 Å². The van der Waals surface area contributed by atoms with Crippen molar-refractivity contribution in [2.24, 2.45) is 0 Å². The standard InChI is InChI=1S/C17H19ClN2O/c1-12(2)20(11-13-6-4-3-5-7-13)17(21)14-8-15(18)10-16(19)9-14/h3-10,12H,11,19H2,1-2H3. The molecule has 0 radical (unpaired) electrons. The molecule has 2 rings (SSSR count). The van der Waals surface area contributed by atoms with Gasteiger partial charge in [-0.2, -0.15) is 0 Å². The van der Waals surface area contributed by atoms with E-state index in [-0.39, 0.29) is 11.9 Å². The number of halogens is 1. The summed E-state index contributed by atoms with van der Waals surface area (Å²) >= 11 is 5.99. The molecule has 0 aliphatic carbocycles. The molecule has 0 atom stereocenters. The zero-order chi connectivity index (χ0) is 15.4. The van der Waals surface area contributed by atoms with Crippen molar-refractivity contribution in [1.82, 2.24) is 4.90 Å². The molecule has 0 fully saturated rings. The number of benzene rings is 2. The molecule has 2 aromatic rings. The minimum absolute atomic E-state index is 0.0666. The van der Waals surface area contributed by atoms with Crippen molar-refractivity contribution in [2.45, 2.75) is 26.4 Å². The number of anilines is 1. The molecule has 2 N–H and O–H groups in total. The Morgan fingerprint density at radius 2 is 1.86 bits per heavy atom. The first-order valence-corrected chi connectivity index (χ1v) is 7.26. The van der Waals surface area contributed by atoms with Crippen molar-refractivity contribution in [1.29, 1.82) is 0 Å². The van der Waals surface area contributed by atoms with Gasteiger partial charge in [0.15, 0.2) is 0 Å². The molecular weight excluding hydrogens is 284 g/mol. The highest BCUT2D eigenvalue weighted by Crippen LogP contribution is 2.20. The van der Waals surface area contributed by atoms with Crippen LogP contribution >= 0.6 is 11.6 Å². The molecule has 110 valence electrons. The quantitative estimate of drug-likeness (QED) is 0.869. The Hall–Kier alpha value is -2.00. The van der Waals surface area contributed by atoms with Gasteiger partial charge in [0.1, 0.15) is 0 Å². The summed E-state index contributed by atoms with van der Waals surface area (Å²) in [5.41, 5.74) is 7.88. The van der Waals surface area contributed by atoms with Crippen LogP contribution in [0.4, 0.5) is 5.69 Å². The Bertz CT molecular complexity index is 606. The number of rotatable bonds is 4. The largest absolute Gasteiger partial charge is 0.399 e. The molecular formula is C17H19ClN2O. The van der Waals surface area contributed by atoms with Gasteiger partial charge in [0.2, 0.25) is 0 Å². The van der Waals surface area contributed by atoms with Gasteiger partial charge in [-0.05, 0) is 37.6 Å². The van der Waals surface area contributed by atoms with E-state index in [0.717, 1.165) is 5.56 Å². The third kappa shape index (κ3) is 3.99. The van der Waals surface area contributed by atoms with Crippen LogP contribution in [0.1, 0.15) is 29.8 Å². The first-order valence-electron chi connectivity index (χ1n) is 6.88. The Kier molecular flexibility index (Phi) is 4.86. The average Bonchev–Trinajstić information content (AvgIpc) is 2.44. The number of nitrogen functional groups attached to an aromatic ring is 1. The second-order valence-electron chi connectivity index (χ2n) is 5.29. The molecule has 0 unspecified atom stereocenters. The van der Waals surface area contributed by atoms with Crippen molar-refractivity contribution >= 4 is 23.2 Å². The van der Waals surface area contributed by atoms with Gasteiger partial charge in [-0.1, -0.05) is 41.9 Å². The minimum atomic E-state index is -0.0666. The number of amides is 1. The smallest absolute Gasteiger partial charge is 0.254 e. The van der Waals surface area contributed by atoms with Gasteiger partial charge in [-0.3, -0.25) is 4.79 Å². The molecule has 0 aromatic heterocycles. The summed E-state index contributed by atoms with van der Waals surface area (Å²) in [4.78, 5) is 14.5. The maximum Gasteiger partial charge on any atom is 0.254 e. The van der Waals surface area contributed by atoms with E-state index in [1.165, 1.54) is 0 Å². The average molecular weight is 303 g/mol. The van der Waals surface area contributed by atoms with Crippen LogP contribution in [0, 0.1) is 0 Å². The topological polar surface area (TPSA) is 46.3 Å². The molecule has 1 amide bonds. The summed E-state index contributed by atoms with van der Waals surface area (Å²) in [6.45, 7) is 4.55. The van der Waals surface area contributed by atoms with E-state index in [4.69, 9.17) is 17.3 Å². The Morgan fingerprint density at radius 3 is 2.43 bits per heavy atom. The van der Waals surface area contributed by atoms with Crippen molar-refractivity contribution in [3.63, 3.8) is 0 Å². The van der Waals surface area contributed by atoms with Crippen LogP contribution in [0.25, 0.3) is 0 Å². The van der Waals surface area contributed by atoms with Crippen LogP contribution in [0.5, 0.6) is 0 Å². The number of nitrogens with zero attached hydrogens (tertiary/aromatic N) is 1. The molecule has 21 heavy (non-hydrogen) atoms. The van der Waals surface area contributed by atoms with Gasteiger partial charge in [0.05, 0.1) is 0 Å². The SMILES string of the molecule is CC(C)N(Cc1ccccc1)C(=O)c1cc(N)cc(Cl)c1. The second-order valence-corrected chi connectivity index (χ2v) is 5.72. The summed E-state index contributed by atoms with van der Waals surface area (Å²) in [7, 11) is 0. The molecule has 3 nitrogen and oxygen atoms in total. The van der Waals surface area contributed by atoms with Crippen LogP contribution in [-0.2, 0) is 6.54 Å². The Labute approximate surface area is 130 Å². The highest BCUT2D eigenvalue weighted by Gasteiger charge is 2.19. The van der Waals surface area contributed by atoms with Gasteiger partial charge in [0.25, 0.3) is 5.91 Å². The maximum atomic E-state index is 12.7. The summed E-state index contributed by atoms with van der Waals surface area (Å²) in [6.07, 6.45) is 0. The van der Waals surface area contributed by atoms with E-state index in [1.807, 2.05) is 44.2 Å². The van der Waals surface area contributed by atoms with E-state index in [9.17, 15) is 4.79 Å². The zero-order valence-electron chi connectivity index (χ0n) is 12.2. The first-order chi connectivity index (χ1) is 9.97. The van der Waals surface area contributed by atoms with E-state index >= 15 is 0 Å². The fraction of sp³-hybridized carbons (Fsp3) is 0.235. The lowest BCUT2D eigenvalue weighted by Crippen LogP contribution is -2.36. The fourth-order valence-electron chi connectivity index (χ4n) is 2.17. The molecule has 0 spiro atoms. The lowest BCUT2D eigenvalue weighted by molar-refractivity contribution is 0.0690. The number of hydrogen-bond donors (Lipinski definition) is 1. The summed E-state index contributed by atoms with van der Waals surface area (Å²) in [6, 6.07) is 14.9. The number of hydrogen-bond acceptors (Lipinski definition) is 2. The predicted octanol–water partition coefficient (Wildman–Crippen LogP) is 3.97. The minimum Gasteiger partial charge on any atom is -0.399 e. The molecule has 0 bridgehead atoms. The number of carbonyl (C=O) groups excluding carboxylic acids is 1. The van der Waals surface area contributed by atoms with Gasteiger partial charge in [0, 0.05) is 28.9 Å². The third-order valence-corrected chi connectivity index (χ3v) is 3.47. The zero-order valence-corrected chi connectivity index (χ0v) is 13.0. The van der Waals surface area contributed by atoms with Gasteiger partial charge >= 0.3 is 0 Å². The highest BCUT2D eigenvalue weighted by molar-refractivity contribution is 6.31. The van der Waals surface area contributed by atoms with E-state index in [2.05, 4.69) is 0 Å². The Morgan fingerprint density at radius 1 is 1.19 bits per heavy atom. The molecule has 0 aliphatic rings. The lowest BCUT2D eigenvalue weighted by atomic mass is 10.1. The van der Waals surface area contributed by atoms with Crippen molar-refractivity contribution in [3.8, 4) is 0 Å². The molecule has 4 heteroatoms. The third-order valence-electron chi connectivity index (χ3n) is 3.25. The van der Waals surface area contributed by atoms with E-state index in [0.29, 0.717) is 22.8 Å². The normalized spacial score (nSPS) is 10.7. The van der Waals surface area contributed by atoms with E-state index < -0.39 is 0 Å². The summed E-state index contributed by atoms with van der Waals surface area (Å²) < 4.78 is 0. The monoisotopic (exact) mass is 302 g/mol. The lowest BCUT2D eigenvalue weighted by Gasteiger charge is -2.27. The second kappa shape index (κ2) is 6.64. The molecule has 0 heterocycles. The molecule has 0 aliphatic heterocycles. The number of carbonyl (C=O) groups is 1. The maximum absolute atomic E-state index is 12.7. The van der Waals surface area contributed by atoms with Gasteiger partial charge in [-0.15, -0.1) is 0 Å². The first kappa shape index (κ1) is 15.4. The van der Waals surface area contributed by atoms with Crippen LogP contribution in [0.2, 0.25) is 5.02 Å². The molecule has 0 saturated carbocycles. The van der Waals surface area contributed by atoms with Gasteiger partial charge < -0.3 is 10.6 Å². The van der Waals surface area contributed by atoms with Crippen molar-refractivity contribution in [3.05, 3.63) is 64.7 Å². The molecule has 2 aromatic carbocycles. The van der Waals surface area contributed by atoms with Crippen molar-refractivity contribution < 1.29 is 4.79 Å². The van der Waals surface area contributed by atoms with Crippen LogP contribution in [-0.4, -0.2) is 16.8 Å². The fourth-order valence-corrected chi connectivity index (χ4v) is 2.41. The Balaban J connectivity index is 2.27. The summed E-state index contributed by atoms with van der Waals surface area (Å²) in [5, 5.41) is 0.474. The summed E-state index contributed by atoms with van der Waals surface area (Å²) in [5.74, 6) is -0.0666. The van der Waals surface area contributed by atoms with Crippen LogP contribution in [0.3, 0.4) is 0 Å². The van der Waals surface area contributed by atoms with Gasteiger partial charge in [-0.25, -0.2) is 0 Å².